The lowest BCUT2D eigenvalue weighted by Gasteiger charge is -2.20. The van der Waals surface area contributed by atoms with Crippen molar-refractivity contribution in [3.8, 4) is 22.8 Å². The van der Waals surface area contributed by atoms with Gasteiger partial charge in [-0.15, -0.1) is 0 Å². The van der Waals surface area contributed by atoms with E-state index in [2.05, 4.69) is 4.98 Å². The van der Waals surface area contributed by atoms with Gasteiger partial charge in [-0.25, -0.2) is 4.98 Å². The fraction of sp³-hybridized carbons (Fsp3) is 0.400. The molecule has 4 rings (SSSR count). The Morgan fingerprint density at radius 2 is 1.96 bits per heavy atom. The van der Waals surface area contributed by atoms with Crippen molar-refractivity contribution in [1.82, 2.24) is 9.88 Å². The number of benzene rings is 1. The van der Waals surface area contributed by atoms with Crippen LogP contribution in [0.15, 0.2) is 36.4 Å². The Morgan fingerprint density at radius 1 is 1.19 bits per heavy atom. The van der Waals surface area contributed by atoms with Gasteiger partial charge < -0.3 is 25.8 Å². The number of hydrogen-bond acceptors (Lipinski definition) is 6. The minimum absolute atomic E-state index is 0.00929. The first-order valence-corrected chi connectivity index (χ1v) is 9.22. The van der Waals surface area contributed by atoms with Gasteiger partial charge in [0, 0.05) is 24.7 Å². The standard InChI is InChI=1S/C20H24N4O3/c1-2-26-17-8-12(15-4-3-5-18(21)23-15)6-7-16(17)27-11-19(25)24-9-13-14(10-24)20(13)22/h3-8,13-14,20H,2,9-11,22H2,1H3,(H2,21,23). The van der Waals surface area contributed by atoms with Gasteiger partial charge in [0.25, 0.3) is 5.91 Å². The molecule has 2 aromatic rings. The quantitative estimate of drug-likeness (QED) is 0.801. The summed E-state index contributed by atoms with van der Waals surface area (Å²) in [6.07, 6.45) is 0. The second kappa shape index (κ2) is 7.08. The van der Waals surface area contributed by atoms with E-state index in [-0.39, 0.29) is 18.6 Å². The van der Waals surface area contributed by atoms with Crippen LogP contribution in [0, 0.1) is 11.8 Å². The Kier molecular flexibility index (Phi) is 4.61. The molecule has 1 saturated heterocycles. The van der Waals surface area contributed by atoms with Gasteiger partial charge in [-0.1, -0.05) is 6.07 Å². The monoisotopic (exact) mass is 368 g/mol. The summed E-state index contributed by atoms with van der Waals surface area (Å²) in [5.41, 5.74) is 13.3. The van der Waals surface area contributed by atoms with Crippen molar-refractivity contribution in [3.05, 3.63) is 36.4 Å². The number of ether oxygens (including phenoxy) is 2. The van der Waals surface area contributed by atoms with E-state index in [1.807, 2.05) is 36.1 Å². The number of nitrogens with two attached hydrogens (primary N) is 2. The van der Waals surface area contributed by atoms with E-state index in [1.165, 1.54) is 0 Å². The zero-order valence-electron chi connectivity index (χ0n) is 15.3. The molecule has 7 nitrogen and oxygen atoms in total. The summed E-state index contributed by atoms with van der Waals surface area (Å²) < 4.78 is 11.5. The molecule has 1 aromatic heterocycles. The van der Waals surface area contributed by atoms with Crippen LogP contribution in [0.1, 0.15) is 6.92 Å². The van der Waals surface area contributed by atoms with Crippen LogP contribution in [-0.2, 0) is 4.79 Å². The summed E-state index contributed by atoms with van der Waals surface area (Å²) in [7, 11) is 0. The molecule has 2 fully saturated rings. The topological polar surface area (TPSA) is 104 Å². The third-order valence-corrected chi connectivity index (χ3v) is 5.27. The zero-order valence-corrected chi connectivity index (χ0v) is 15.3. The zero-order chi connectivity index (χ0) is 19.0. The maximum Gasteiger partial charge on any atom is 0.260 e. The Balaban J connectivity index is 1.44. The van der Waals surface area contributed by atoms with Gasteiger partial charge >= 0.3 is 0 Å². The molecular formula is C20H24N4O3. The van der Waals surface area contributed by atoms with Crippen LogP contribution >= 0.6 is 0 Å². The first-order chi connectivity index (χ1) is 13.1. The highest BCUT2D eigenvalue weighted by molar-refractivity contribution is 5.78. The van der Waals surface area contributed by atoms with Crippen LogP contribution < -0.4 is 20.9 Å². The lowest BCUT2D eigenvalue weighted by molar-refractivity contribution is -0.132. The fourth-order valence-corrected chi connectivity index (χ4v) is 3.67. The number of pyridine rings is 1. The van der Waals surface area contributed by atoms with Crippen LogP contribution in [-0.4, -0.2) is 48.1 Å². The summed E-state index contributed by atoms with van der Waals surface area (Å²) in [6.45, 7) is 3.87. The number of fused-ring (bicyclic) bond motifs is 1. The molecule has 2 aliphatic rings. The number of carbonyl (C=O) groups is 1. The molecular weight excluding hydrogens is 344 g/mol. The van der Waals surface area contributed by atoms with Gasteiger partial charge in [0.2, 0.25) is 0 Å². The van der Waals surface area contributed by atoms with Crippen LogP contribution in [0.2, 0.25) is 0 Å². The lowest BCUT2D eigenvalue weighted by atomic mass is 10.1. The smallest absolute Gasteiger partial charge is 0.260 e. The van der Waals surface area contributed by atoms with Crippen molar-refractivity contribution in [3.63, 3.8) is 0 Å². The molecule has 1 saturated carbocycles. The first-order valence-electron chi connectivity index (χ1n) is 9.22. The molecule has 7 heteroatoms. The number of hydrogen-bond donors (Lipinski definition) is 2. The van der Waals surface area contributed by atoms with E-state index in [9.17, 15) is 4.79 Å². The number of likely N-dealkylation sites (tertiary alicyclic amines) is 1. The number of anilines is 1. The highest BCUT2D eigenvalue weighted by Gasteiger charge is 2.54. The largest absolute Gasteiger partial charge is 0.490 e. The Labute approximate surface area is 158 Å². The van der Waals surface area contributed by atoms with Gasteiger partial charge in [-0.05, 0) is 49.1 Å². The molecule has 2 heterocycles. The number of amides is 1. The van der Waals surface area contributed by atoms with Crippen molar-refractivity contribution in [2.45, 2.75) is 13.0 Å². The van der Waals surface area contributed by atoms with Crippen LogP contribution in [0.5, 0.6) is 11.5 Å². The van der Waals surface area contributed by atoms with Gasteiger partial charge in [0.15, 0.2) is 18.1 Å². The number of nitrogens with zero attached hydrogens (tertiary/aromatic N) is 2. The Hall–Kier alpha value is -2.80. The number of rotatable bonds is 6. The van der Waals surface area contributed by atoms with Gasteiger partial charge in [-0.2, -0.15) is 0 Å². The third-order valence-electron chi connectivity index (χ3n) is 5.27. The van der Waals surface area contributed by atoms with E-state index in [0.29, 0.717) is 35.8 Å². The van der Waals surface area contributed by atoms with Crippen molar-refractivity contribution in [2.24, 2.45) is 17.6 Å². The van der Waals surface area contributed by atoms with Crippen LogP contribution in [0.3, 0.4) is 0 Å². The maximum atomic E-state index is 12.4. The Morgan fingerprint density at radius 3 is 2.67 bits per heavy atom. The Bertz CT molecular complexity index is 845. The van der Waals surface area contributed by atoms with Crippen molar-refractivity contribution in [2.75, 3.05) is 32.0 Å². The van der Waals surface area contributed by atoms with E-state index in [4.69, 9.17) is 20.9 Å². The third kappa shape index (κ3) is 3.55. The van der Waals surface area contributed by atoms with Gasteiger partial charge in [0.1, 0.15) is 5.82 Å². The molecule has 4 N–H and O–H groups in total. The van der Waals surface area contributed by atoms with E-state index in [0.717, 1.165) is 24.3 Å². The summed E-state index contributed by atoms with van der Waals surface area (Å²) in [5.74, 6) is 2.51. The predicted octanol–water partition coefficient (Wildman–Crippen LogP) is 1.52. The molecule has 1 amide bonds. The summed E-state index contributed by atoms with van der Waals surface area (Å²) in [5, 5.41) is 0. The molecule has 1 aromatic carbocycles. The van der Waals surface area contributed by atoms with Crippen LogP contribution in [0.4, 0.5) is 5.82 Å². The number of aromatic nitrogens is 1. The second-order valence-electron chi connectivity index (χ2n) is 7.03. The fourth-order valence-electron chi connectivity index (χ4n) is 3.67. The first kappa shape index (κ1) is 17.6. The maximum absolute atomic E-state index is 12.4. The predicted molar refractivity (Wildman–Crippen MR) is 102 cm³/mol. The van der Waals surface area contributed by atoms with Crippen molar-refractivity contribution in [1.29, 1.82) is 0 Å². The highest BCUT2D eigenvalue weighted by Crippen LogP contribution is 2.43. The minimum Gasteiger partial charge on any atom is -0.490 e. The molecule has 1 aliphatic heterocycles. The second-order valence-corrected chi connectivity index (χ2v) is 7.03. The molecule has 2 unspecified atom stereocenters. The lowest BCUT2D eigenvalue weighted by Crippen LogP contribution is -2.37. The van der Waals surface area contributed by atoms with Crippen LogP contribution in [0.25, 0.3) is 11.3 Å². The van der Waals surface area contributed by atoms with Gasteiger partial charge in [-0.3, -0.25) is 4.79 Å². The average Bonchev–Trinajstić information content (AvgIpc) is 3.07. The average molecular weight is 368 g/mol. The normalized spacial score (nSPS) is 23.0. The summed E-state index contributed by atoms with van der Waals surface area (Å²) in [4.78, 5) is 18.5. The molecule has 2 atom stereocenters. The molecule has 1 aliphatic carbocycles. The molecule has 27 heavy (non-hydrogen) atoms. The van der Waals surface area contributed by atoms with E-state index >= 15 is 0 Å². The summed E-state index contributed by atoms with van der Waals surface area (Å²) >= 11 is 0. The highest BCUT2D eigenvalue weighted by atomic mass is 16.5. The molecule has 0 radical (unpaired) electrons. The van der Waals surface area contributed by atoms with Gasteiger partial charge in [0.05, 0.1) is 12.3 Å². The SMILES string of the molecule is CCOc1cc(-c2cccc(N)n2)ccc1OCC(=O)N1CC2C(N)C2C1. The minimum atomic E-state index is -0.0153. The van der Waals surface area contributed by atoms with Crippen molar-refractivity contribution >= 4 is 11.7 Å². The number of carbonyl (C=O) groups excluding carboxylic acids is 1. The molecule has 0 spiro atoms. The summed E-state index contributed by atoms with van der Waals surface area (Å²) in [6, 6.07) is 11.3. The molecule has 142 valence electrons. The molecule has 0 bridgehead atoms. The van der Waals surface area contributed by atoms with E-state index < -0.39 is 0 Å². The number of piperidine rings is 1. The number of nitrogen functional groups attached to an aromatic ring is 1. The van der Waals surface area contributed by atoms with E-state index in [1.54, 1.807) is 12.1 Å². The van der Waals surface area contributed by atoms with Crippen molar-refractivity contribution < 1.29 is 14.3 Å².